The Balaban J connectivity index is 1.84. The van der Waals surface area contributed by atoms with Crippen molar-refractivity contribution < 1.29 is 0 Å². The first-order chi connectivity index (χ1) is 9.29. The standard InChI is InChI=1S/C15H26N4/c1-3-9-16-15-11-17-13(10-18-15)12-19(2)14-7-5-4-6-8-14/h10-11,14H,3-9,12H2,1-2H3,(H,16,18). The van der Waals surface area contributed by atoms with E-state index in [1.165, 1.54) is 32.1 Å². The van der Waals surface area contributed by atoms with Crippen LogP contribution in [0.1, 0.15) is 51.1 Å². The second-order valence-electron chi connectivity index (χ2n) is 5.53. The summed E-state index contributed by atoms with van der Waals surface area (Å²) in [4.78, 5) is 11.3. The molecule has 0 atom stereocenters. The zero-order chi connectivity index (χ0) is 13.5. The Bertz CT molecular complexity index is 357. The van der Waals surface area contributed by atoms with Gasteiger partial charge in [-0.15, -0.1) is 0 Å². The average Bonchev–Trinajstić information content (AvgIpc) is 2.47. The van der Waals surface area contributed by atoms with E-state index in [9.17, 15) is 0 Å². The lowest BCUT2D eigenvalue weighted by Crippen LogP contribution is -2.33. The SMILES string of the molecule is CCCNc1cnc(CN(C)C2CCCCC2)cn1. The summed E-state index contributed by atoms with van der Waals surface area (Å²) in [6, 6.07) is 0.730. The Morgan fingerprint density at radius 3 is 2.63 bits per heavy atom. The van der Waals surface area contributed by atoms with Gasteiger partial charge in [0.1, 0.15) is 5.82 Å². The van der Waals surface area contributed by atoms with Crippen LogP contribution < -0.4 is 5.32 Å². The maximum Gasteiger partial charge on any atom is 0.144 e. The molecule has 106 valence electrons. The van der Waals surface area contributed by atoms with Crippen molar-refractivity contribution in [3.05, 3.63) is 18.1 Å². The predicted octanol–water partition coefficient (Wildman–Crippen LogP) is 3.06. The van der Waals surface area contributed by atoms with Crippen LogP contribution in [0.3, 0.4) is 0 Å². The molecular weight excluding hydrogens is 236 g/mol. The summed E-state index contributed by atoms with van der Waals surface area (Å²) in [6.07, 6.45) is 11.7. The monoisotopic (exact) mass is 262 g/mol. The molecule has 0 radical (unpaired) electrons. The topological polar surface area (TPSA) is 41.1 Å². The summed E-state index contributed by atoms with van der Waals surface area (Å²) in [6.45, 7) is 4.01. The molecule has 1 N–H and O–H groups in total. The number of aromatic nitrogens is 2. The molecule has 0 bridgehead atoms. The van der Waals surface area contributed by atoms with Crippen LogP contribution in [0.15, 0.2) is 12.4 Å². The van der Waals surface area contributed by atoms with Gasteiger partial charge >= 0.3 is 0 Å². The highest BCUT2D eigenvalue weighted by Gasteiger charge is 2.18. The largest absolute Gasteiger partial charge is 0.369 e. The summed E-state index contributed by atoms with van der Waals surface area (Å²) < 4.78 is 0. The van der Waals surface area contributed by atoms with Crippen molar-refractivity contribution in [1.82, 2.24) is 14.9 Å². The van der Waals surface area contributed by atoms with Gasteiger partial charge in [0.05, 0.1) is 18.1 Å². The number of hydrogen-bond acceptors (Lipinski definition) is 4. The molecule has 1 saturated carbocycles. The Labute approximate surface area is 116 Å². The van der Waals surface area contributed by atoms with Gasteiger partial charge in [0.15, 0.2) is 0 Å². The van der Waals surface area contributed by atoms with Crippen molar-refractivity contribution in [2.75, 3.05) is 18.9 Å². The molecule has 1 aliphatic carbocycles. The van der Waals surface area contributed by atoms with Crippen LogP contribution in [0.4, 0.5) is 5.82 Å². The molecule has 1 heterocycles. The minimum Gasteiger partial charge on any atom is -0.369 e. The van der Waals surface area contributed by atoms with Gasteiger partial charge < -0.3 is 5.32 Å². The molecule has 1 fully saturated rings. The number of hydrogen-bond donors (Lipinski definition) is 1. The molecule has 2 rings (SSSR count). The first kappa shape index (κ1) is 14.3. The Morgan fingerprint density at radius 2 is 2.00 bits per heavy atom. The lowest BCUT2D eigenvalue weighted by atomic mass is 9.94. The van der Waals surface area contributed by atoms with Gasteiger partial charge in [-0.05, 0) is 26.3 Å². The van der Waals surface area contributed by atoms with E-state index in [4.69, 9.17) is 0 Å². The van der Waals surface area contributed by atoms with Crippen LogP contribution in [0.5, 0.6) is 0 Å². The van der Waals surface area contributed by atoms with E-state index in [1.54, 1.807) is 0 Å². The van der Waals surface area contributed by atoms with Crippen molar-refractivity contribution in [2.45, 2.75) is 58.0 Å². The molecule has 1 aliphatic rings. The third-order valence-corrected chi connectivity index (χ3v) is 3.87. The first-order valence-electron chi connectivity index (χ1n) is 7.54. The summed E-state index contributed by atoms with van der Waals surface area (Å²) in [5.74, 6) is 0.880. The molecule has 1 aromatic heterocycles. The number of anilines is 1. The van der Waals surface area contributed by atoms with Crippen LogP contribution in [0.25, 0.3) is 0 Å². The molecule has 0 amide bonds. The van der Waals surface area contributed by atoms with Crippen LogP contribution in [-0.4, -0.2) is 34.5 Å². The molecule has 0 saturated heterocycles. The van der Waals surface area contributed by atoms with Crippen molar-refractivity contribution >= 4 is 5.82 Å². The molecule has 0 aromatic carbocycles. The number of nitrogens with zero attached hydrogens (tertiary/aromatic N) is 3. The molecule has 1 aromatic rings. The van der Waals surface area contributed by atoms with Crippen LogP contribution in [0, 0.1) is 0 Å². The average molecular weight is 262 g/mol. The summed E-state index contributed by atoms with van der Waals surface area (Å²) in [7, 11) is 2.21. The summed E-state index contributed by atoms with van der Waals surface area (Å²) >= 11 is 0. The fourth-order valence-electron chi connectivity index (χ4n) is 2.69. The predicted molar refractivity (Wildman–Crippen MR) is 79.2 cm³/mol. The second kappa shape index (κ2) is 7.43. The minimum atomic E-state index is 0.730. The van der Waals surface area contributed by atoms with E-state index in [0.29, 0.717) is 0 Å². The van der Waals surface area contributed by atoms with E-state index in [0.717, 1.165) is 37.1 Å². The zero-order valence-corrected chi connectivity index (χ0v) is 12.2. The van der Waals surface area contributed by atoms with Crippen LogP contribution in [-0.2, 0) is 6.54 Å². The lowest BCUT2D eigenvalue weighted by Gasteiger charge is -2.30. The van der Waals surface area contributed by atoms with E-state index in [1.807, 2.05) is 12.4 Å². The second-order valence-corrected chi connectivity index (χ2v) is 5.53. The molecule has 19 heavy (non-hydrogen) atoms. The third kappa shape index (κ3) is 4.46. The molecule has 0 unspecified atom stereocenters. The fraction of sp³-hybridized carbons (Fsp3) is 0.733. The van der Waals surface area contributed by atoms with Gasteiger partial charge in [-0.2, -0.15) is 0 Å². The smallest absolute Gasteiger partial charge is 0.144 e. The highest BCUT2D eigenvalue weighted by atomic mass is 15.1. The molecule has 0 spiro atoms. The third-order valence-electron chi connectivity index (χ3n) is 3.87. The van der Waals surface area contributed by atoms with Crippen molar-refractivity contribution in [1.29, 1.82) is 0 Å². The number of nitrogens with one attached hydrogen (secondary N) is 1. The highest BCUT2D eigenvalue weighted by Crippen LogP contribution is 2.22. The Hall–Kier alpha value is -1.16. The van der Waals surface area contributed by atoms with Gasteiger partial charge in [0.25, 0.3) is 0 Å². The van der Waals surface area contributed by atoms with E-state index >= 15 is 0 Å². The maximum atomic E-state index is 4.50. The highest BCUT2D eigenvalue weighted by molar-refractivity contribution is 5.30. The van der Waals surface area contributed by atoms with Crippen molar-refractivity contribution in [3.63, 3.8) is 0 Å². The quantitative estimate of drug-likeness (QED) is 0.855. The van der Waals surface area contributed by atoms with Gasteiger partial charge in [0.2, 0.25) is 0 Å². The van der Waals surface area contributed by atoms with E-state index in [-0.39, 0.29) is 0 Å². The summed E-state index contributed by atoms with van der Waals surface area (Å²) in [5, 5.41) is 3.25. The maximum absolute atomic E-state index is 4.50. The van der Waals surface area contributed by atoms with E-state index < -0.39 is 0 Å². The van der Waals surface area contributed by atoms with Crippen LogP contribution >= 0.6 is 0 Å². The number of rotatable bonds is 6. The zero-order valence-electron chi connectivity index (χ0n) is 12.2. The molecule has 4 heteroatoms. The van der Waals surface area contributed by atoms with Gasteiger partial charge in [0, 0.05) is 19.1 Å². The Kier molecular flexibility index (Phi) is 5.58. The molecule has 4 nitrogen and oxygen atoms in total. The van der Waals surface area contributed by atoms with Crippen molar-refractivity contribution in [2.24, 2.45) is 0 Å². The van der Waals surface area contributed by atoms with Crippen molar-refractivity contribution in [3.8, 4) is 0 Å². The minimum absolute atomic E-state index is 0.730. The summed E-state index contributed by atoms with van der Waals surface area (Å²) in [5.41, 5.74) is 1.06. The van der Waals surface area contributed by atoms with E-state index in [2.05, 4.69) is 34.2 Å². The fourth-order valence-corrected chi connectivity index (χ4v) is 2.69. The van der Waals surface area contributed by atoms with Gasteiger partial charge in [-0.1, -0.05) is 26.2 Å². The molecule has 0 aliphatic heterocycles. The van der Waals surface area contributed by atoms with Crippen LogP contribution in [0.2, 0.25) is 0 Å². The van der Waals surface area contributed by atoms with Gasteiger partial charge in [-0.3, -0.25) is 9.88 Å². The molecular formula is C15H26N4. The van der Waals surface area contributed by atoms with Gasteiger partial charge in [-0.25, -0.2) is 4.98 Å². The normalized spacial score (nSPS) is 16.8. The Morgan fingerprint density at radius 1 is 1.21 bits per heavy atom. The first-order valence-corrected chi connectivity index (χ1v) is 7.54. The lowest BCUT2D eigenvalue weighted by molar-refractivity contribution is 0.182.